The van der Waals surface area contributed by atoms with Crippen LogP contribution in [0.4, 0.5) is 0 Å². The van der Waals surface area contributed by atoms with Crippen molar-refractivity contribution in [3.05, 3.63) is 17.7 Å². The normalized spacial score (nSPS) is 11.2. The molecule has 0 aliphatic carbocycles. The first-order valence-electron chi connectivity index (χ1n) is 8.77. The zero-order chi connectivity index (χ0) is 20.4. The van der Waals surface area contributed by atoms with Crippen LogP contribution in [0.15, 0.2) is 17.1 Å². The molecular formula is C19H32IN3O5. The van der Waals surface area contributed by atoms with Gasteiger partial charge < -0.3 is 29.6 Å². The fourth-order valence-electron chi connectivity index (χ4n) is 2.27. The van der Waals surface area contributed by atoms with Crippen LogP contribution in [0.2, 0.25) is 0 Å². The Balaban J connectivity index is 0.00000729. The minimum Gasteiger partial charge on any atom is -0.493 e. The number of nitrogens with zero attached hydrogens (tertiary/aromatic N) is 1. The van der Waals surface area contributed by atoms with Gasteiger partial charge >= 0.3 is 5.97 Å². The molecule has 0 aliphatic rings. The first-order valence-corrected chi connectivity index (χ1v) is 8.77. The summed E-state index contributed by atoms with van der Waals surface area (Å²) in [6, 6.07) is 3.67. The number of nitrogens with one attached hydrogen (secondary N) is 2. The number of halogens is 1. The third-order valence-corrected chi connectivity index (χ3v) is 3.31. The van der Waals surface area contributed by atoms with Crippen molar-refractivity contribution in [2.45, 2.75) is 39.8 Å². The maximum atomic E-state index is 11.9. The maximum Gasteiger partial charge on any atom is 0.325 e. The summed E-state index contributed by atoms with van der Waals surface area (Å²) in [4.78, 5) is 16.4. The Kier molecular flexibility index (Phi) is 11.7. The zero-order valence-corrected chi connectivity index (χ0v) is 20.0. The second-order valence-electron chi connectivity index (χ2n) is 6.67. The monoisotopic (exact) mass is 509 g/mol. The Morgan fingerprint density at radius 3 is 2.04 bits per heavy atom. The number of esters is 1. The Bertz CT molecular complexity index is 634. The molecule has 0 aromatic heterocycles. The lowest BCUT2D eigenvalue weighted by Gasteiger charge is -2.20. The van der Waals surface area contributed by atoms with Crippen LogP contribution in [-0.4, -0.2) is 51.9 Å². The summed E-state index contributed by atoms with van der Waals surface area (Å²) in [5.74, 6) is 1.82. The number of hydrogen-bond acceptors (Lipinski definition) is 6. The molecule has 8 nitrogen and oxygen atoms in total. The molecule has 0 saturated heterocycles. The molecule has 28 heavy (non-hydrogen) atoms. The van der Waals surface area contributed by atoms with E-state index < -0.39 is 5.60 Å². The van der Waals surface area contributed by atoms with E-state index in [9.17, 15) is 4.79 Å². The first-order chi connectivity index (χ1) is 12.7. The number of guanidine groups is 1. The summed E-state index contributed by atoms with van der Waals surface area (Å²) in [7, 11) is 4.69. The fraction of sp³-hybridized carbons (Fsp3) is 0.579. The van der Waals surface area contributed by atoms with Crippen LogP contribution in [0, 0.1) is 0 Å². The standard InChI is InChI=1S/C19H31N3O5.HI/c1-8-20-18(22-12-16(23)27-19(2,3)4)21-11-13-9-14(24-5)17(26-7)15(10-13)25-6;/h9-10H,8,11-12H2,1-7H3,(H2,20,21,22);1H. The highest BCUT2D eigenvalue weighted by Gasteiger charge is 2.16. The van der Waals surface area contributed by atoms with Crippen LogP contribution in [0.5, 0.6) is 17.2 Å². The number of benzene rings is 1. The van der Waals surface area contributed by atoms with Gasteiger partial charge in [-0.15, -0.1) is 24.0 Å². The lowest BCUT2D eigenvalue weighted by Crippen LogP contribution is -2.41. The van der Waals surface area contributed by atoms with Crippen molar-refractivity contribution in [1.29, 1.82) is 0 Å². The number of rotatable bonds is 8. The van der Waals surface area contributed by atoms with E-state index in [4.69, 9.17) is 18.9 Å². The molecule has 1 rings (SSSR count). The van der Waals surface area contributed by atoms with E-state index in [2.05, 4.69) is 15.6 Å². The first kappa shape index (κ1) is 26.1. The molecule has 1 aromatic rings. The number of hydrogen-bond donors (Lipinski definition) is 2. The third kappa shape index (κ3) is 8.85. The molecule has 0 spiro atoms. The van der Waals surface area contributed by atoms with Crippen LogP contribution in [0.25, 0.3) is 0 Å². The minimum atomic E-state index is -0.523. The van der Waals surface area contributed by atoms with E-state index in [1.54, 1.807) is 21.3 Å². The van der Waals surface area contributed by atoms with Crippen molar-refractivity contribution in [2.24, 2.45) is 4.99 Å². The number of ether oxygens (including phenoxy) is 4. The van der Waals surface area contributed by atoms with E-state index in [0.717, 1.165) is 5.56 Å². The van der Waals surface area contributed by atoms with Crippen molar-refractivity contribution >= 4 is 35.9 Å². The van der Waals surface area contributed by atoms with Crippen molar-refractivity contribution in [2.75, 3.05) is 34.4 Å². The van der Waals surface area contributed by atoms with E-state index in [1.165, 1.54) is 0 Å². The van der Waals surface area contributed by atoms with E-state index in [1.807, 2.05) is 39.8 Å². The third-order valence-electron chi connectivity index (χ3n) is 3.31. The van der Waals surface area contributed by atoms with Gasteiger partial charge in [-0.1, -0.05) is 0 Å². The molecule has 9 heteroatoms. The Morgan fingerprint density at radius 1 is 1.04 bits per heavy atom. The van der Waals surface area contributed by atoms with Crippen LogP contribution in [-0.2, 0) is 16.1 Å². The molecule has 0 unspecified atom stereocenters. The summed E-state index contributed by atoms with van der Waals surface area (Å²) in [6.07, 6.45) is 0. The Morgan fingerprint density at radius 2 is 1.61 bits per heavy atom. The van der Waals surface area contributed by atoms with Gasteiger partial charge in [-0.25, -0.2) is 4.99 Å². The smallest absolute Gasteiger partial charge is 0.325 e. The number of aliphatic imine (C=N–C) groups is 1. The molecule has 0 bridgehead atoms. The molecule has 0 fully saturated rings. The average molecular weight is 509 g/mol. The van der Waals surface area contributed by atoms with Crippen molar-refractivity contribution in [1.82, 2.24) is 10.6 Å². The summed E-state index contributed by atoms with van der Waals surface area (Å²) in [5, 5.41) is 6.06. The second-order valence-corrected chi connectivity index (χ2v) is 6.67. The van der Waals surface area contributed by atoms with Gasteiger partial charge in [-0.2, -0.15) is 0 Å². The maximum absolute atomic E-state index is 11.9. The largest absolute Gasteiger partial charge is 0.493 e. The average Bonchev–Trinajstić information content (AvgIpc) is 2.61. The van der Waals surface area contributed by atoms with Crippen LogP contribution in [0.1, 0.15) is 33.3 Å². The SMILES string of the molecule is CCNC(=NCc1cc(OC)c(OC)c(OC)c1)NCC(=O)OC(C)(C)C.I. The van der Waals surface area contributed by atoms with E-state index in [-0.39, 0.29) is 36.5 Å². The minimum absolute atomic E-state index is 0. The summed E-state index contributed by atoms with van der Waals surface area (Å²) >= 11 is 0. The number of carbonyl (C=O) groups is 1. The molecular weight excluding hydrogens is 477 g/mol. The van der Waals surface area contributed by atoms with Gasteiger partial charge in [0.2, 0.25) is 5.75 Å². The highest BCUT2D eigenvalue weighted by molar-refractivity contribution is 14.0. The van der Waals surface area contributed by atoms with Gasteiger partial charge in [0.05, 0.1) is 27.9 Å². The molecule has 1 aromatic carbocycles. The fourth-order valence-corrected chi connectivity index (χ4v) is 2.27. The van der Waals surface area contributed by atoms with Gasteiger partial charge in [-0.05, 0) is 45.4 Å². The molecule has 0 radical (unpaired) electrons. The quantitative estimate of drug-likeness (QED) is 0.241. The Labute approximate surface area is 184 Å². The summed E-state index contributed by atoms with van der Waals surface area (Å²) < 4.78 is 21.3. The van der Waals surface area contributed by atoms with Crippen molar-refractivity contribution in [3.63, 3.8) is 0 Å². The molecule has 2 N–H and O–H groups in total. The molecule has 160 valence electrons. The predicted octanol–water partition coefficient (Wildman–Crippen LogP) is 2.73. The van der Waals surface area contributed by atoms with Gasteiger partial charge in [-0.3, -0.25) is 4.79 Å². The predicted molar refractivity (Wildman–Crippen MR) is 120 cm³/mol. The van der Waals surface area contributed by atoms with Crippen molar-refractivity contribution < 1.29 is 23.7 Å². The number of methoxy groups -OCH3 is 3. The summed E-state index contributed by atoms with van der Waals surface area (Å²) in [6.45, 7) is 8.48. The molecule has 0 amide bonds. The van der Waals surface area contributed by atoms with Gasteiger partial charge in [0.15, 0.2) is 17.5 Å². The summed E-state index contributed by atoms with van der Waals surface area (Å²) in [5.41, 5.74) is 0.351. The zero-order valence-electron chi connectivity index (χ0n) is 17.7. The second kappa shape index (κ2) is 12.5. The number of carbonyl (C=O) groups excluding carboxylic acids is 1. The van der Waals surface area contributed by atoms with Gasteiger partial charge in [0.1, 0.15) is 12.1 Å². The molecule has 0 saturated carbocycles. The molecule has 0 aliphatic heterocycles. The van der Waals surface area contributed by atoms with Crippen molar-refractivity contribution in [3.8, 4) is 17.2 Å². The molecule has 0 atom stereocenters. The highest BCUT2D eigenvalue weighted by Crippen LogP contribution is 2.38. The van der Waals surface area contributed by atoms with Crippen LogP contribution >= 0.6 is 24.0 Å². The van der Waals surface area contributed by atoms with Crippen LogP contribution in [0.3, 0.4) is 0 Å². The van der Waals surface area contributed by atoms with E-state index >= 15 is 0 Å². The molecule has 0 heterocycles. The highest BCUT2D eigenvalue weighted by atomic mass is 127. The topological polar surface area (TPSA) is 90.4 Å². The van der Waals surface area contributed by atoms with Gasteiger partial charge in [0, 0.05) is 6.54 Å². The Hall–Kier alpha value is -1.91. The van der Waals surface area contributed by atoms with Crippen LogP contribution < -0.4 is 24.8 Å². The van der Waals surface area contributed by atoms with E-state index in [0.29, 0.717) is 36.3 Å². The van der Waals surface area contributed by atoms with Gasteiger partial charge in [0.25, 0.3) is 0 Å². The lowest BCUT2D eigenvalue weighted by molar-refractivity contribution is -0.153. The lowest BCUT2D eigenvalue weighted by atomic mass is 10.2.